The molecule has 0 bridgehead atoms. The normalized spacial score (nSPS) is 21.2. The molecule has 3 aliphatic rings. The van der Waals surface area contributed by atoms with Crippen LogP contribution < -0.4 is 5.32 Å². The number of aliphatic carboxylic acids is 1. The predicted octanol–water partition coefficient (Wildman–Crippen LogP) is 5.12. The Morgan fingerprint density at radius 3 is 2.05 bits per heavy atom. The van der Waals surface area contributed by atoms with Crippen molar-refractivity contribution in [2.45, 2.75) is 89.3 Å². The summed E-state index contributed by atoms with van der Waals surface area (Å²) in [5.41, 5.74) is 2.41. The Morgan fingerprint density at radius 1 is 0.810 bits per heavy atom. The topological polar surface area (TPSA) is 107 Å². The zero-order valence-electron chi connectivity index (χ0n) is 24.5. The molecule has 0 radical (unpaired) electrons. The van der Waals surface area contributed by atoms with Crippen molar-refractivity contribution in [3.63, 3.8) is 0 Å². The van der Waals surface area contributed by atoms with E-state index < -0.39 is 30.0 Å². The van der Waals surface area contributed by atoms with Crippen LogP contribution in [-0.4, -0.2) is 63.9 Å². The van der Waals surface area contributed by atoms with E-state index in [-0.39, 0.29) is 43.2 Å². The average Bonchev–Trinajstić information content (AvgIpc) is 3.69. The van der Waals surface area contributed by atoms with Crippen molar-refractivity contribution in [3.05, 3.63) is 71.3 Å². The van der Waals surface area contributed by atoms with Gasteiger partial charge >= 0.3 is 5.97 Å². The van der Waals surface area contributed by atoms with Gasteiger partial charge in [-0.05, 0) is 62.1 Å². The second-order valence-electron chi connectivity index (χ2n) is 12.3. The molecule has 1 aliphatic heterocycles. The molecule has 2 N–H and O–H groups in total. The number of rotatable bonds is 9. The van der Waals surface area contributed by atoms with Gasteiger partial charge in [0.2, 0.25) is 5.91 Å². The average molecular weight is 574 g/mol. The fourth-order valence-corrected chi connectivity index (χ4v) is 7.28. The molecule has 3 unspecified atom stereocenters. The number of carboxylic acid groups (broad SMARTS) is 1. The van der Waals surface area contributed by atoms with Crippen molar-refractivity contribution in [2.75, 3.05) is 13.1 Å². The summed E-state index contributed by atoms with van der Waals surface area (Å²) in [5, 5.41) is 12.7. The highest BCUT2D eigenvalue weighted by atomic mass is 16.4. The molecule has 3 fully saturated rings. The van der Waals surface area contributed by atoms with Crippen molar-refractivity contribution >= 4 is 23.7 Å². The summed E-state index contributed by atoms with van der Waals surface area (Å²) in [5.74, 6) is -2.06. The SMILES string of the molecule is Cc1ccc(C(=O)N2CCN(C(=O)C(c3ccccc3)C3CCCC3)C2C(=O)NC(CC(=O)O)C2CCCCC2)cc1. The molecule has 2 saturated carbocycles. The number of nitrogens with zero attached hydrogens (tertiary/aromatic N) is 2. The third kappa shape index (κ3) is 6.69. The number of hydrogen-bond acceptors (Lipinski definition) is 4. The van der Waals surface area contributed by atoms with Gasteiger partial charge in [-0.1, -0.05) is 80.1 Å². The fourth-order valence-electron chi connectivity index (χ4n) is 7.28. The number of carbonyl (C=O) groups is 4. The number of carbonyl (C=O) groups excluding carboxylic acids is 3. The second kappa shape index (κ2) is 13.5. The van der Waals surface area contributed by atoms with E-state index >= 15 is 0 Å². The van der Waals surface area contributed by atoms with Gasteiger partial charge in [0.05, 0.1) is 12.3 Å². The van der Waals surface area contributed by atoms with Gasteiger partial charge in [0.1, 0.15) is 0 Å². The van der Waals surface area contributed by atoms with Crippen molar-refractivity contribution < 1.29 is 24.3 Å². The number of amides is 3. The molecule has 5 rings (SSSR count). The van der Waals surface area contributed by atoms with E-state index in [0.717, 1.165) is 68.9 Å². The van der Waals surface area contributed by atoms with E-state index in [1.165, 1.54) is 4.90 Å². The summed E-state index contributed by atoms with van der Waals surface area (Å²) in [6.07, 6.45) is 7.54. The van der Waals surface area contributed by atoms with Crippen LogP contribution in [0.3, 0.4) is 0 Å². The lowest BCUT2D eigenvalue weighted by Crippen LogP contribution is -2.57. The summed E-state index contributed by atoms with van der Waals surface area (Å²) < 4.78 is 0. The van der Waals surface area contributed by atoms with Crippen LogP contribution in [0.15, 0.2) is 54.6 Å². The Labute approximate surface area is 248 Å². The number of benzene rings is 2. The first-order valence-corrected chi connectivity index (χ1v) is 15.6. The Hall–Kier alpha value is -3.68. The standard InChI is InChI=1S/C34H43N3O5/c1-23-16-18-27(19-17-23)33(41)36-20-21-37(34(42)30(26-14-8-9-15-26)25-12-6-3-7-13-25)32(36)31(40)35-28(22-29(38)39)24-10-4-2-5-11-24/h3,6-7,12-13,16-19,24,26,28,30,32H,2,4-5,8-11,14-15,20-22H2,1H3,(H,35,40)(H,38,39). The molecule has 1 heterocycles. The Morgan fingerprint density at radius 2 is 1.40 bits per heavy atom. The quantitative estimate of drug-likeness (QED) is 0.433. The van der Waals surface area contributed by atoms with Crippen LogP contribution in [0.2, 0.25) is 0 Å². The maximum absolute atomic E-state index is 14.5. The van der Waals surface area contributed by atoms with Gasteiger partial charge in [-0.25, -0.2) is 0 Å². The molecule has 3 atom stereocenters. The Bertz CT molecular complexity index is 1250. The van der Waals surface area contributed by atoms with Gasteiger partial charge in [-0.3, -0.25) is 19.2 Å². The molecular formula is C34H43N3O5. The van der Waals surface area contributed by atoms with Crippen LogP contribution in [0.5, 0.6) is 0 Å². The maximum atomic E-state index is 14.5. The van der Waals surface area contributed by atoms with E-state index in [1.807, 2.05) is 49.4 Å². The molecule has 2 aromatic carbocycles. The maximum Gasteiger partial charge on any atom is 0.305 e. The molecule has 42 heavy (non-hydrogen) atoms. The summed E-state index contributed by atoms with van der Waals surface area (Å²) >= 11 is 0. The van der Waals surface area contributed by atoms with Crippen molar-refractivity contribution in [3.8, 4) is 0 Å². The number of hydrogen-bond donors (Lipinski definition) is 2. The Kier molecular flexibility index (Phi) is 9.60. The molecular weight excluding hydrogens is 530 g/mol. The lowest BCUT2D eigenvalue weighted by molar-refractivity contribution is -0.144. The molecule has 0 spiro atoms. The van der Waals surface area contributed by atoms with Gasteiger partial charge in [0.25, 0.3) is 11.8 Å². The molecule has 8 heteroatoms. The lowest BCUT2D eigenvalue weighted by Gasteiger charge is -2.36. The summed E-state index contributed by atoms with van der Waals surface area (Å²) in [6, 6.07) is 16.4. The summed E-state index contributed by atoms with van der Waals surface area (Å²) in [7, 11) is 0. The summed E-state index contributed by atoms with van der Waals surface area (Å²) in [4.78, 5) is 57.4. The first-order valence-electron chi connectivity index (χ1n) is 15.6. The van der Waals surface area contributed by atoms with E-state index in [4.69, 9.17) is 0 Å². The van der Waals surface area contributed by atoms with E-state index in [0.29, 0.717) is 5.56 Å². The first-order chi connectivity index (χ1) is 20.3. The monoisotopic (exact) mass is 573 g/mol. The van der Waals surface area contributed by atoms with Crippen molar-refractivity contribution in [1.29, 1.82) is 0 Å². The van der Waals surface area contributed by atoms with Crippen LogP contribution >= 0.6 is 0 Å². The molecule has 0 aromatic heterocycles. The molecule has 2 aromatic rings. The van der Waals surface area contributed by atoms with Gasteiger partial charge < -0.3 is 20.2 Å². The molecule has 2 aliphatic carbocycles. The minimum Gasteiger partial charge on any atom is -0.481 e. The van der Waals surface area contributed by atoms with Crippen LogP contribution in [-0.2, 0) is 14.4 Å². The number of aryl methyl sites for hydroxylation is 1. The predicted molar refractivity (Wildman–Crippen MR) is 160 cm³/mol. The molecule has 3 amide bonds. The van der Waals surface area contributed by atoms with Gasteiger partial charge in [-0.2, -0.15) is 0 Å². The van der Waals surface area contributed by atoms with Crippen molar-refractivity contribution in [2.24, 2.45) is 11.8 Å². The molecule has 1 saturated heterocycles. The number of carboxylic acids is 1. The minimum atomic E-state index is -1.14. The second-order valence-corrected chi connectivity index (χ2v) is 12.3. The van der Waals surface area contributed by atoms with Crippen molar-refractivity contribution in [1.82, 2.24) is 15.1 Å². The van der Waals surface area contributed by atoms with Crippen LogP contribution in [0.1, 0.15) is 91.6 Å². The number of nitrogens with one attached hydrogen (secondary N) is 1. The van der Waals surface area contributed by atoms with Gasteiger partial charge in [0.15, 0.2) is 6.17 Å². The largest absolute Gasteiger partial charge is 0.481 e. The molecule has 224 valence electrons. The van der Waals surface area contributed by atoms with E-state index in [9.17, 15) is 24.3 Å². The van der Waals surface area contributed by atoms with Gasteiger partial charge in [0, 0.05) is 24.7 Å². The summed E-state index contributed by atoms with van der Waals surface area (Å²) in [6.45, 7) is 2.43. The van der Waals surface area contributed by atoms with Crippen LogP contribution in [0.4, 0.5) is 0 Å². The highest BCUT2D eigenvalue weighted by molar-refractivity contribution is 6.00. The van der Waals surface area contributed by atoms with E-state index in [2.05, 4.69) is 5.32 Å². The zero-order chi connectivity index (χ0) is 29.6. The highest BCUT2D eigenvalue weighted by Crippen LogP contribution is 2.39. The Balaban J connectivity index is 1.47. The lowest BCUT2D eigenvalue weighted by atomic mass is 9.82. The smallest absolute Gasteiger partial charge is 0.305 e. The van der Waals surface area contributed by atoms with Gasteiger partial charge in [-0.15, -0.1) is 0 Å². The minimum absolute atomic E-state index is 0.0566. The third-order valence-corrected chi connectivity index (χ3v) is 9.49. The highest BCUT2D eigenvalue weighted by Gasteiger charge is 2.47. The molecule has 8 nitrogen and oxygen atoms in total. The fraction of sp³-hybridized carbons (Fsp3) is 0.529. The van der Waals surface area contributed by atoms with E-state index in [1.54, 1.807) is 17.0 Å². The first kappa shape index (κ1) is 29.8. The van der Waals surface area contributed by atoms with Crippen LogP contribution in [0.25, 0.3) is 0 Å². The van der Waals surface area contributed by atoms with Crippen LogP contribution in [0, 0.1) is 18.8 Å². The zero-order valence-corrected chi connectivity index (χ0v) is 24.5. The third-order valence-electron chi connectivity index (χ3n) is 9.49.